The van der Waals surface area contributed by atoms with Gasteiger partial charge in [0.05, 0.1) is 59.2 Å². The number of benzene rings is 7. The molecule has 3 aliphatic rings. The SMILES string of the molecule is CC(C)(C)C1CCC(C(=O)OCC(=O)Nc2ccc(C(N)=O)cc2)CC1.CC(NC(=O)Cc1cccs1)C(c1cccs1)N1CCN(c2ccccc2)CC1.CC1CCN(S(=O)(=O)c2ccc(NC(=O)/C=C/c3ccco3)cc2)CC1.CCN(CC)S(=O)(=O)c1ccc2oc(C(=O)Nc3cccc(OC)c3)c(C)c2c1.COc1ccc(NC(=O)c2c(N)sc(-c3ccccc3)c2C)cc1. The quantitative estimate of drug-likeness (QED) is 0.0177. The van der Waals surface area contributed by atoms with Crippen LogP contribution in [-0.4, -0.2) is 151 Å². The molecule has 6 amide bonds. The van der Waals surface area contributed by atoms with E-state index >= 15 is 0 Å². The van der Waals surface area contributed by atoms with Crippen molar-refractivity contribution in [2.45, 2.75) is 129 Å². The number of carbonyl (C=O) groups excluding carboxylic acids is 7. The molecule has 708 valence electrons. The van der Waals surface area contributed by atoms with Gasteiger partial charge in [-0.25, -0.2) is 16.8 Å². The van der Waals surface area contributed by atoms with E-state index in [4.69, 9.17) is 34.5 Å². The minimum Gasteiger partial charge on any atom is -0.497 e. The number of piperidine rings is 1. The fraction of sp³-hybridized carbons (Fsp3) is 0.324. The van der Waals surface area contributed by atoms with E-state index in [0.29, 0.717) is 111 Å². The molecule has 7 heterocycles. The zero-order valence-electron chi connectivity index (χ0n) is 77.3. The number of ether oxygens (including phenoxy) is 3. The second-order valence-electron chi connectivity index (χ2n) is 33.7. The van der Waals surface area contributed by atoms with E-state index in [1.54, 1.807) is 161 Å². The van der Waals surface area contributed by atoms with Gasteiger partial charge in [-0.1, -0.05) is 108 Å². The third-order valence-electron chi connectivity index (χ3n) is 23.5. The van der Waals surface area contributed by atoms with Gasteiger partial charge in [0.25, 0.3) is 17.7 Å². The zero-order valence-corrected chi connectivity index (χ0v) is 81.4. The number of nitrogens with one attached hydrogen (secondary N) is 5. The number of rotatable bonds is 28. The molecule has 32 heteroatoms. The third-order valence-corrected chi connectivity index (χ3v) is 30.5. The number of esters is 1. The average molecular weight is 1920 g/mol. The van der Waals surface area contributed by atoms with E-state index in [2.05, 4.69) is 119 Å². The summed E-state index contributed by atoms with van der Waals surface area (Å²) in [6.07, 6.45) is 10.3. The molecular weight excluding hydrogens is 1800 g/mol. The highest BCUT2D eigenvalue weighted by Gasteiger charge is 2.36. The second kappa shape index (κ2) is 48.4. The van der Waals surface area contributed by atoms with Crippen LogP contribution in [0.1, 0.15) is 151 Å². The van der Waals surface area contributed by atoms with E-state index < -0.39 is 37.8 Å². The number of thiophene rings is 3. The van der Waals surface area contributed by atoms with Gasteiger partial charge in [-0.2, -0.15) is 8.61 Å². The normalized spacial score (nSPS) is 15.3. The Kier molecular flexibility index (Phi) is 36.8. The minimum absolute atomic E-state index is 0.0596. The molecule has 134 heavy (non-hydrogen) atoms. The molecule has 2 aliphatic heterocycles. The number of hydrogen-bond donors (Lipinski definition) is 7. The van der Waals surface area contributed by atoms with Gasteiger partial charge in [0.1, 0.15) is 22.8 Å². The maximum Gasteiger partial charge on any atom is 0.309 e. The number of fused-ring (bicyclic) bond motifs is 1. The summed E-state index contributed by atoms with van der Waals surface area (Å²) in [6.45, 7) is 23.8. The van der Waals surface area contributed by atoms with Gasteiger partial charge >= 0.3 is 5.97 Å². The van der Waals surface area contributed by atoms with E-state index in [0.717, 1.165) is 91.3 Å². The molecule has 12 aromatic rings. The lowest BCUT2D eigenvalue weighted by Gasteiger charge is -2.42. The van der Waals surface area contributed by atoms with Gasteiger partial charge in [0.2, 0.25) is 37.8 Å². The number of nitrogens with zero attached hydrogens (tertiary/aromatic N) is 4. The van der Waals surface area contributed by atoms with Gasteiger partial charge in [0, 0.05) is 130 Å². The van der Waals surface area contributed by atoms with Crippen molar-refractivity contribution in [3.05, 3.63) is 279 Å². The summed E-state index contributed by atoms with van der Waals surface area (Å²) in [6, 6.07) is 63.9. The molecule has 3 fully saturated rings. The minimum atomic E-state index is -3.60. The van der Waals surface area contributed by atoms with E-state index in [9.17, 15) is 50.4 Å². The molecule has 9 N–H and O–H groups in total. The summed E-state index contributed by atoms with van der Waals surface area (Å²) in [5.74, 6) is 1.09. The highest BCUT2D eigenvalue weighted by molar-refractivity contribution is 7.89. The molecule has 1 aliphatic carbocycles. The van der Waals surface area contributed by atoms with Crippen molar-refractivity contribution in [2.24, 2.45) is 28.9 Å². The number of anilines is 6. The number of methoxy groups -OCH3 is 2. The second-order valence-corrected chi connectivity index (χ2v) is 40.7. The maximum absolute atomic E-state index is 12.8. The highest BCUT2D eigenvalue weighted by atomic mass is 32.2. The van der Waals surface area contributed by atoms with Crippen molar-refractivity contribution in [1.82, 2.24) is 18.8 Å². The topological polar surface area (TPSA) is 367 Å². The fourth-order valence-electron chi connectivity index (χ4n) is 16.0. The van der Waals surface area contributed by atoms with Crippen LogP contribution in [0.3, 0.4) is 0 Å². The number of piperazine rings is 1. The Hall–Kier alpha value is -12.5. The van der Waals surface area contributed by atoms with E-state index in [-0.39, 0.29) is 69.3 Å². The Morgan fingerprint density at radius 3 is 1.83 bits per heavy atom. The number of hydrogen-bond acceptors (Lipinski definition) is 22. The summed E-state index contributed by atoms with van der Waals surface area (Å²) < 4.78 is 80.2. The molecule has 5 aromatic heterocycles. The maximum atomic E-state index is 12.8. The summed E-state index contributed by atoms with van der Waals surface area (Å²) >= 11 is 4.85. The van der Waals surface area contributed by atoms with Crippen molar-refractivity contribution in [3.63, 3.8) is 0 Å². The smallest absolute Gasteiger partial charge is 0.309 e. The van der Waals surface area contributed by atoms with Crippen molar-refractivity contribution >= 4 is 146 Å². The van der Waals surface area contributed by atoms with Crippen molar-refractivity contribution < 1.29 is 73.4 Å². The zero-order chi connectivity index (χ0) is 96.2. The Morgan fingerprint density at radius 2 is 1.22 bits per heavy atom. The molecule has 2 unspecified atom stereocenters. The molecule has 15 rings (SSSR count). The molecular formula is C102H119N11O16S5. The predicted molar refractivity (Wildman–Crippen MR) is 534 cm³/mol. The van der Waals surface area contributed by atoms with Gasteiger partial charge in [0.15, 0.2) is 12.4 Å². The fourth-order valence-corrected chi connectivity index (χ4v) is 21.7. The summed E-state index contributed by atoms with van der Waals surface area (Å²) in [4.78, 5) is 93.8. The Labute approximate surface area is 796 Å². The Balaban J connectivity index is 0.000000161. The first-order valence-electron chi connectivity index (χ1n) is 44.5. The molecule has 2 saturated heterocycles. The van der Waals surface area contributed by atoms with Crippen molar-refractivity contribution in [2.75, 3.05) is 105 Å². The van der Waals surface area contributed by atoms with E-state index in [1.807, 2.05) is 54.8 Å². The Bertz CT molecular complexity index is 6120. The van der Waals surface area contributed by atoms with Crippen molar-refractivity contribution in [3.8, 4) is 21.9 Å². The van der Waals surface area contributed by atoms with Gasteiger partial charge in [-0.15, -0.1) is 34.0 Å². The lowest BCUT2D eigenvalue weighted by molar-refractivity contribution is -0.153. The van der Waals surface area contributed by atoms with Crippen LogP contribution in [0.2, 0.25) is 0 Å². The van der Waals surface area contributed by atoms with E-state index in [1.165, 1.54) is 73.2 Å². The first kappa shape index (κ1) is 102. The predicted octanol–water partition coefficient (Wildman–Crippen LogP) is 19.5. The van der Waals surface area contributed by atoms with Crippen LogP contribution in [0, 0.1) is 37.0 Å². The van der Waals surface area contributed by atoms with Gasteiger partial charge in [-0.05, 0) is 244 Å². The number of furan rings is 2. The molecule has 0 spiro atoms. The van der Waals surface area contributed by atoms with Crippen LogP contribution in [0.5, 0.6) is 11.5 Å². The van der Waals surface area contributed by atoms with Crippen LogP contribution in [0.25, 0.3) is 27.5 Å². The Morgan fingerprint density at radius 1 is 0.612 bits per heavy atom. The molecule has 27 nitrogen and oxygen atoms in total. The summed E-state index contributed by atoms with van der Waals surface area (Å²) in [7, 11) is -3.92. The number of aryl methyl sites for hydroxylation is 1. The van der Waals surface area contributed by atoms with Gasteiger partial charge < -0.3 is 66.0 Å². The summed E-state index contributed by atoms with van der Waals surface area (Å²) in [5, 5.41) is 19.5. The number of sulfonamides is 2. The first-order chi connectivity index (χ1) is 64.2. The van der Waals surface area contributed by atoms with Gasteiger partial charge in [-0.3, -0.25) is 38.5 Å². The number of nitrogen functional groups attached to an aromatic ring is 1. The lowest BCUT2D eigenvalue weighted by atomic mass is 9.70. The molecule has 7 aromatic carbocycles. The number of para-hydroxylation sites is 1. The van der Waals surface area contributed by atoms with Crippen LogP contribution >= 0.6 is 34.0 Å². The van der Waals surface area contributed by atoms with Crippen molar-refractivity contribution in [1.29, 1.82) is 0 Å². The number of nitrogens with two attached hydrogens (primary N) is 2. The largest absolute Gasteiger partial charge is 0.497 e. The summed E-state index contributed by atoms with van der Waals surface area (Å²) in [5.41, 5.74) is 19.0. The molecule has 0 bridgehead atoms. The third kappa shape index (κ3) is 28.3. The molecule has 0 radical (unpaired) electrons. The highest BCUT2D eigenvalue weighted by Crippen LogP contribution is 2.42. The van der Waals surface area contributed by atoms with Crippen LogP contribution in [0.15, 0.2) is 254 Å². The number of amides is 6. The van der Waals surface area contributed by atoms with Crippen LogP contribution < -0.4 is 52.4 Å². The number of carbonyl (C=O) groups is 7. The average Bonchev–Trinajstić information content (AvgIpc) is 1.42. The monoisotopic (exact) mass is 1910 g/mol. The number of primary amides is 1. The molecule has 1 saturated carbocycles. The molecule has 2 atom stereocenters. The standard InChI is InChI=1S/C23H27N3OS2.C21H24N2O5S.C20H28N2O4.C19H22N2O4S.C19H18N2O2S/c1-18(24-22(27)17-20-9-5-15-28-20)23(21-10-6-16-29-21)26-13-11-25(12-14-26)19-7-3-2-4-8-19;1-5-23(6-2)29(25,26)17-10-11-19-18(13-17)14(3)20(28-19)21(24)22-15-8-7-9-16(12-15)27-4;1-20(2,3)15-8-4-14(5-9-15)19(25)26-12-17(23)22-16-10-6-13(7-11-16)18(21)24;1-15-10-12-21(13-11-15)26(23,24)18-7-4-16(5-8-18)20-19(22)9-6-17-3-2-14-25-17;1-12-16(18(20)24-17(12)13-6-4-3-5-7-13)19(22)21-14-8-10-15(23-2)11-9-14/h2-10,15-16,18,23H,11-14,17H2,1H3,(H,24,27);7-13H,5-6H2,1-4H3,(H,22,24);6-7,10-11,14-15H,4-5,8-9,12H2,1-3H3,(H2,21,24)(H,22,23);2-9,14-15H,10-13H2,1H3,(H,20,22);3-11H,20H2,1-2H3,(H,21,22)/b;;;9-6+;. The lowest BCUT2D eigenvalue weighted by Crippen LogP contribution is -2.52. The first-order valence-corrected chi connectivity index (χ1v) is 50.0. The van der Waals surface area contributed by atoms with Crippen LogP contribution in [-0.2, 0) is 50.4 Å². The van der Waals surface area contributed by atoms with Crippen LogP contribution in [0.4, 0.5) is 33.4 Å².